The fourth-order valence-corrected chi connectivity index (χ4v) is 3.27. The molecule has 0 radical (unpaired) electrons. The van der Waals surface area contributed by atoms with Crippen molar-refractivity contribution in [1.29, 1.82) is 0 Å². The molecule has 0 atom stereocenters. The maximum Gasteiger partial charge on any atom is 0.254 e. The predicted octanol–water partition coefficient (Wildman–Crippen LogP) is 3.15. The van der Waals surface area contributed by atoms with Gasteiger partial charge in [0.1, 0.15) is 0 Å². The summed E-state index contributed by atoms with van der Waals surface area (Å²) in [7, 11) is 0. The molecule has 1 saturated heterocycles. The van der Waals surface area contributed by atoms with Gasteiger partial charge in [0.15, 0.2) is 5.65 Å². The summed E-state index contributed by atoms with van der Waals surface area (Å²) >= 11 is 0. The topological polar surface area (TPSA) is 60.2 Å². The number of fused-ring (bicyclic) bond motifs is 1. The second-order valence-corrected chi connectivity index (χ2v) is 6.75. The van der Waals surface area contributed by atoms with Crippen molar-refractivity contribution < 1.29 is 9.53 Å². The first-order valence-electron chi connectivity index (χ1n) is 8.96. The van der Waals surface area contributed by atoms with Crippen LogP contribution >= 0.6 is 0 Å². The molecular weight excluding hydrogens is 328 g/mol. The molecule has 0 aliphatic carbocycles. The van der Waals surface area contributed by atoms with Gasteiger partial charge in [-0.25, -0.2) is 9.67 Å². The van der Waals surface area contributed by atoms with E-state index < -0.39 is 0 Å². The zero-order chi connectivity index (χ0) is 18.1. The van der Waals surface area contributed by atoms with Gasteiger partial charge in [-0.05, 0) is 19.9 Å². The van der Waals surface area contributed by atoms with Crippen molar-refractivity contribution in [1.82, 2.24) is 19.7 Å². The molecule has 1 fully saturated rings. The normalized spacial score (nSPS) is 15.0. The smallest absolute Gasteiger partial charge is 0.254 e. The molecule has 1 amide bonds. The Balaban J connectivity index is 1.88. The first-order chi connectivity index (χ1) is 12.6. The molecule has 2 aromatic heterocycles. The Morgan fingerprint density at radius 2 is 1.88 bits per heavy atom. The molecule has 6 nitrogen and oxygen atoms in total. The van der Waals surface area contributed by atoms with Crippen molar-refractivity contribution in [3.8, 4) is 11.3 Å². The third-order valence-electron chi connectivity index (χ3n) is 4.65. The van der Waals surface area contributed by atoms with E-state index in [0.29, 0.717) is 31.9 Å². The van der Waals surface area contributed by atoms with Gasteiger partial charge >= 0.3 is 0 Å². The number of pyridine rings is 1. The molecule has 0 saturated carbocycles. The van der Waals surface area contributed by atoms with E-state index in [2.05, 4.69) is 18.9 Å². The molecule has 3 aromatic rings. The molecule has 134 valence electrons. The van der Waals surface area contributed by atoms with Crippen molar-refractivity contribution in [3.63, 3.8) is 0 Å². The number of rotatable bonds is 3. The van der Waals surface area contributed by atoms with E-state index in [9.17, 15) is 4.79 Å². The van der Waals surface area contributed by atoms with E-state index in [1.807, 2.05) is 46.0 Å². The summed E-state index contributed by atoms with van der Waals surface area (Å²) in [5, 5.41) is 5.28. The highest BCUT2D eigenvalue weighted by molar-refractivity contribution is 6.06. The third kappa shape index (κ3) is 2.97. The SMILES string of the molecule is CC(C)n1ncc2c(C(=O)N3CCOCC3)cc(-c3ccccc3)nc21. The lowest BCUT2D eigenvalue weighted by Gasteiger charge is -2.27. The summed E-state index contributed by atoms with van der Waals surface area (Å²) in [4.78, 5) is 19.8. The van der Waals surface area contributed by atoms with E-state index in [1.165, 1.54) is 0 Å². The highest BCUT2D eigenvalue weighted by Crippen LogP contribution is 2.27. The predicted molar refractivity (Wildman–Crippen MR) is 100 cm³/mol. The molecule has 0 bridgehead atoms. The number of hydrogen-bond acceptors (Lipinski definition) is 4. The Kier molecular flexibility index (Phi) is 4.42. The van der Waals surface area contributed by atoms with Crippen LogP contribution in [0.15, 0.2) is 42.6 Å². The highest BCUT2D eigenvalue weighted by atomic mass is 16.5. The van der Waals surface area contributed by atoms with Crippen LogP contribution in [0, 0.1) is 0 Å². The highest BCUT2D eigenvalue weighted by Gasteiger charge is 2.23. The second-order valence-electron chi connectivity index (χ2n) is 6.75. The molecule has 26 heavy (non-hydrogen) atoms. The monoisotopic (exact) mass is 350 g/mol. The molecule has 1 aromatic carbocycles. The second kappa shape index (κ2) is 6.88. The van der Waals surface area contributed by atoms with Crippen LogP contribution in [0.2, 0.25) is 0 Å². The van der Waals surface area contributed by atoms with Crippen molar-refractivity contribution in [2.75, 3.05) is 26.3 Å². The van der Waals surface area contributed by atoms with Crippen molar-refractivity contribution in [2.24, 2.45) is 0 Å². The van der Waals surface area contributed by atoms with Gasteiger partial charge in [-0.15, -0.1) is 0 Å². The summed E-state index contributed by atoms with van der Waals surface area (Å²) in [6.07, 6.45) is 1.75. The molecule has 1 aliphatic heterocycles. The third-order valence-corrected chi connectivity index (χ3v) is 4.65. The number of aromatic nitrogens is 3. The summed E-state index contributed by atoms with van der Waals surface area (Å²) in [6, 6.07) is 12.0. The molecule has 0 N–H and O–H groups in total. The molecule has 3 heterocycles. The van der Waals surface area contributed by atoms with Crippen LogP contribution < -0.4 is 0 Å². The van der Waals surface area contributed by atoms with Gasteiger partial charge < -0.3 is 9.64 Å². The molecule has 1 aliphatic rings. The number of hydrogen-bond donors (Lipinski definition) is 0. The van der Waals surface area contributed by atoms with E-state index in [0.717, 1.165) is 22.3 Å². The Morgan fingerprint density at radius 1 is 1.15 bits per heavy atom. The summed E-state index contributed by atoms with van der Waals surface area (Å²) in [5.74, 6) is 0.0150. The fraction of sp³-hybridized carbons (Fsp3) is 0.350. The lowest BCUT2D eigenvalue weighted by molar-refractivity contribution is 0.0304. The number of morpholine rings is 1. The number of benzene rings is 1. The van der Waals surface area contributed by atoms with Crippen LogP contribution in [-0.2, 0) is 4.74 Å². The van der Waals surface area contributed by atoms with Gasteiger partial charge in [-0.3, -0.25) is 4.79 Å². The fourth-order valence-electron chi connectivity index (χ4n) is 3.27. The zero-order valence-electron chi connectivity index (χ0n) is 15.1. The minimum atomic E-state index is 0.0150. The lowest BCUT2D eigenvalue weighted by Crippen LogP contribution is -2.40. The largest absolute Gasteiger partial charge is 0.378 e. The lowest BCUT2D eigenvalue weighted by atomic mass is 10.1. The molecule has 0 spiro atoms. The van der Waals surface area contributed by atoms with Crippen LogP contribution in [0.1, 0.15) is 30.2 Å². The van der Waals surface area contributed by atoms with Crippen LogP contribution in [0.5, 0.6) is 0 Å². The van der Waals surface area contributed by atoms with Gasteiger partial charge in [0.2, 0.25) is 0 Å². The van der Waals surface area contributed by atoms with Gasteiger partial charge in [-0.1, -0.05) is 30.3 Å². The molecule has 0 unspecified atom stereocenters. The summed E-state index contributed by atoms with van der Waals surface area (Å²) < 4.78 is 7.25. The van der Waals surface area contributed by atoms with E-state index in [4.69, 9.17) is 9.72 Å². The minimum absolute atomic E-state index is 0.0150. The quantitative estimate of drug-likeness (QED) is 0.728. The Bertz CT molecular complexity index is 928. The molecular formula is C20H22N4O2. The number of amides is 1. The maximum atomic E-state index is 13.2. The average Bonchev–Trinajstić information content (AvgIpc) is 3.12. The first kappa shape index (κ1) is 16.7. The average molecular weight is 350 g/mol. The Morgan fingerprint density at radius 3 is 2.58 bits per heavy atom. The first-order valence-corrected chi connectivity index (χ1v) is 8.96. The van der Waals surface area contributed by atoms with E-state index in [-0.39, 0.29) is 11.9 Å². The zero-order valence-corrected chi connectivity index (χ0v) is 15.1. The van der Waals surface area contributed by atoms with Gasteiger partial charge in [0.05, 0.1) is 36.1 Å². The van der Waals surface area contributed by atoms with Crippen molar-refractivity contribution in [2.45, 2.75) is 19.9 Å². The van der Waals surface area contributed by atoms with E-state index >= 15 is 0 Å². The maximum absolute atomic E-state index is 13.2. The minimum Gasteiger partial charge on any atom is -0.378 e. The summed E-state index contributed by atoms with van der Waals surface area (Å²) in [6.45, 7) is 6.51. The van der Waals surface area contributed by atoms with Crippen LogP contribution in [-0.4, -0.2) is 51.9 Å². The standard InChI is InChI=1S/C20H22N4O2/c1-14(2)24-19-17(13-21-24)16(20(25)23-8-10-26-11-9-23)12-18(22-19)15-6-4-3-5-7-15/h3-7,12-14H,8-11H2,1-2H3. The van der Waals surface area contributed by atoms with E-state index in [1.54, 1.807) is 6.20 Å². The summed E-state index contributed by atoms with van der Waals surface area (Å²) in [5.41, 5.74) is 3.18. The Hall–Kier alpha value is -2.73. The van der Waals surface area contributed by atoms with Gasteiger partial charge in [0.25, 0.3) is 5.91 Å². The van der Waals surface area contributed by atoms with Crippen LogP contribution in [0.4, 0.5) is 0 Å². The molecule has 6 heteroatoms. The number of carbonyl (C=O) groups is 1. The number of carbonyl (C=O) groups excluding carboxylic acids is 1. The molecule has 4 rings (SSSR count). The number of ether oxygens (including phenoxy) is 1. The van der Waals surface area contributed by atoms with Crippen molar-refractivity contribution >= 4 is 16.9 Å². The Labute approximate surface area is 152 Å². The van der Waals surface area contributed by atoms with Crippen molar-refractivity contribution in [3.05, 3.63) is 48.2 Å². The van der Waals surface area contributed by atoms with Crippen LogP contribution in [0.3, 0.4) is 0 Å². The van der Waals surface area contributed by atoms with Crippen LogP contribution in [0.25, 0.3) is 22.3 Å². The van der Waals surface area contributed by atoms with Gasteiger partial charge in [0, 0.05) is 24.7 Å². The van der Waals surface area contributed by atoms with Gasteiger partial charge in [-0.2, -0.15) is 5.10 Å². The number of nitrogens with zero attached hydrogens (tertiary/aromatic N) is 4.